The zero-order valence-corrected chi connectivity index (χ0v) is 24.1. The van der Waals surface area contributed by atoms with E-state index in [1.807, 2.05) is 30.3 Å². The van der Waals surface area contributed by atoms with Crippen LogP contribution in [0, 0.1) is 5.92 Å². The number of hydrogen-bond acceptors (Lipinski definition) is 8. The number of carbonyl (C=O) groups is 3. The molecule has 0 aliphatic carbocycles. The van der Waals surface area contributed by atoms with Crippen molar-refractivity contribution in [2.75, 3.05) is 6.61 Å². The van der Waals surface area contributed by atoms with Crippen molar-refractivity contribution < 1.29 is 42.2 Å². The molecule has 2 N–H and O–H groups in total. The van der Waals surface area contributed by atoms with Gasteiger partial charge in [-0.05, 0) is 23.6 Å². The van der Waals surface area contributed by atoms with Crippen molar-refractivity contribution in [1.82, 2.24) is 20.1 Å². The van der Waals surface area contributed by atoms with Gasteiger partial charge in [0, 0.05) is 30.0 Å². The third kappa shape index (κ3) is 6.49. The number of fused-ring (bicyclic) bond motifs is 1. The standard InChI is InChI=1S/C31H28F3N5O6/c1-18(2)30(16-23(38-45-30)28-21-11-7-6-8-19(21)12-13-35-28)29(43)36-22(14-27(41)42)24(40)17-44-26-15-25(31(32,33)34)37-39(26)20-9-4-3-5-10-20/h3-13,15,18,22H,14,16-17H2,1-2H3,(H,36,43)(H,41,42)/t22-,30+/m0/s1. The maximum absolute atomic E-state index is 13.7. The molecule has 234 valence electrons. The van der Waals surface area contributed by atoms with Crippen molar-refractivity contribution in [3.8, 4) is 11.6 Å². The molecule has 5 rings (SSSR count). The maximum atomic E-state index is 13.7. The number of ether oxygens (including phenoxy) is 1. The second kappa shape index (κ2) is 12.4. The van der Waals surface area contributed by atoms with E-state index in [1.54, 1.807) is 38.2 Å². The molecule has 3 heterocycles. The van der Waals surface area contributed by atoms with Gasteiger partial charge in [0.2, 0.25) is 11.5 Å². The van der Waals surface area contributed by atoms with Gasteiger partial charge in [0.15, 0.2) is 18.1 Å². The fourth-order valence-electron chi connectivity index (χ4n) is 4.93. The number of rotatable bonds is 11. The van der Waals surface area contributed by atoms with E-state index in [-0.39, 0.29) is 12.1 Å². The molecule has 11 nitrogen and oxygen atoms in total. The largest absolute Gasteiger partial charge is 0.481 e. The van der Waals surface area contributed by atoms with Crippen LogP contribution in [-0.2, 0) is 25.4 Å². The van der Waals surface area contributed by atoms with Gasteiger partial charge in [-0.3, -0.25) is 19.4 Å². The third-order valence-electron chi connectivity index (χ3n) is 7.42. The molecule has 0 saturated heterocycles. The normalized spacial score (nSPS) is 17.1. The van der Waals surface area contributed by atoms with Crippen LogP contribution >= 0.6 is 0 Å². The summed E-state index contributed by atoms with van der Waals surface area (Å²) in [5, 5.41) is 21.4. The average Bonchev–Trinajstić information content (AvgIpc) is 3.66. The number of pyridine rings is 1. The first-order chi connectivity index (χ1) is 21.4. The molecular weight excluding hydrogens is 595 g/mol. The summed E-state index contributed by atoms with van der Waals surface area (Å²) in [5.74, 6) is -3.96. The Morgan fingerprint density at radius 2 is 1.80 bits per heavy atom. The summed E-state index contributed by atoms with van der Waals surface area (Å²) < 4.78 is 46.6. The number of aliphatic carboxylic acids is 1. The molecule has 0 radical (unpaired) electrons. The molecule has 1 amide bonds. The van der Waals surface area contributed by atoms with Gasteiger partial charge in [-0.1, -0.05) is 61.5 Å². The van der Waals surface area contributed by atoms with E-state index in [9.17, 15) is 32.7 Å². The molecule has 0 unspecified atom stereocenters. The highest BCUT2D eigenvalue weighted by Crippen LogP contribution is 2.36. The van der Waals surface area contributed by atoms with Crippen molar-refractivity contribution in [3.05, 3.63) is 84.3 Å². The molecule has 0 bridgehead atoms. The lowest BCUT2D eigenvalue weighted by Crippen LogP contribution is -2.56. The van der Waals surface area contributed by atoms with Gasteiger partial charge in [-0.15, -0.1) is 0 Å². The number of para-hydroxylation sites is 1. The molecule has 4 aromatic rings. The van der Waals surface area contributed by atoms with E-state index >= 15 is 0 Å². The Morgan fingerprint density at radius 1 is 1.09 bits per heavy atom. The van der Waals surface area contributed by atoms with Crippen molar-refractivity contribution in [3.63, 3.8) is 0 Å². The lowest BCUT2D eigenvalue weighted by molar-refractivity contribution is -0.152. The minimum Gasteiger partial charge on any atom is -0.481 e. The van der Waals surface area contributed by atoms with Gasteiger partial charge in [0.1, 0.15) is 11.8 Å². The van der Waals surface area contributed by atoms with Crippen LogP contribution in [0.4, 0.5) is 13.2 Å². The number of oxime groups is 1. The van der Waals surface area contributed by atoms with Gasteiger partial charge in [0.05, 0.1) is 17.8 Å². The molecule has 2 aromatic heterocycles. The Hall–Kier alpha value is -5.27. The highest BCUT2D eigenvalue weighted by molar-refractivity contribution is 6.12. The summed E-state index contributed by atoms with van der Waals surface area (Å²) in [6, 6.07) is 16.2. The summed E-state index contributed by atoms with van der Waals surface area (Å²) in [7, 11) is 0. The summed E-state index contributed by atoms with van der Waals surface area (Å²) >= 11 is 0. The maximum Gasteiger partial charge on any atom is 0.435 e. The Labute approximate surface area is 254 Å². The number of nitrogens with zero attached hydrogens (tertiary/aromatic N) is 4. The summed E-state index contributed by atoms with van der Waals surface area (Å²) in [5.41, 5.74) is -1.70. The van der Waals surface area contributed by atoms with E-state index in [4.69, 9.17) is 9.57 Å². The second-order valence-electron chi connectivity index (χ2n) is 10.7. The van der Waals surface area contributed by atoms with E-state index < -0.39 is 66.0 Å². The number of alkyl halides is 3. The van der Waals surface area contributed by atoms with Crippen LogP contribution in [0.15, 0.2) is 78.1 Å². The van der Waals surface area contributed by atoms with Gasteiger partial charge >= 0.3 is 12.1 Å². The van der Waals surface area contributed by atoms with Gasteiger partial charge in [0.25, 0.3) is 5.91 Å². The van der Waals surface area contributed by atoms with Crippen LogP contribution < -0.4 is 10.1 Å². The number of aromatic nitrogens is 3. The number of halogens is 3. The highest BCUT2D eigenvalue weighted by Gasteiger charge is 2.51. The first-order valence-electron chi connectivity index (χ1n) is 13.9. The van der Waals surface area contributed by atoms with Crippen molar-refractivity contribution in [2.24, 2.45) is 11.1 Å². The lowest BCUT2D eigenvalue weighted by Gasteiger charge is -2.30. The predicted octanol–water partition coefficient (Wildman–Crippen LogP) is 4.57. The molecule has 0 spiro atoms. The SMILES string of the molecule is CC(C)[C@@]1(C(=O)N[C@@H](CC(=O)O)C(=O)COc2cc(C(F)(F)F)nn2-c2ccccc2)CC(c2nccc3ccccc23)=NO1. The first kappa shape index (κ1) is 31.2. The van der Waals surface area contributed by atoms with Crippen LogP contribution in [-0.4, -0.2) is 61.5 Å². The highest BCUT2D eigenvalue weighted by atomic mass is 19.4. The van der Waals surface area contributed by atoms with Crippen LogP contribution in [0.25, 0.3) is 16.5 Å². The summed E-state index contributed by atoms with van der Waals surface area (Å²) in [6.45, 7) is 2.58. The third-order valence-corrected chi connectivity index (χ3v) is 7.42. The minimum absolute atomic E-state index is 0.0154. The van der Waals surface area contributed by atoms with Crippen LogP contribution in [0.5, 0.6) is 5.88 Å². The molecule has 45 heavy (non-hydrogen) atoms. The van der Waals surface area contributed by atoms with E-state index in [0.717, 1.165) is 15.5 Å². The second-order valence-corrected chi connectivity index (χ2v) is 10.7. The topological polar surface area (TPSA) is 145 Å². The number of amides is 1. The quantitative estimate of drug-likeness (QED) is 0.247. The Bertz CT molecular complexity index is 1770. The number of carboxylic acid groups (broad SMARTS) is 1. The molecule has 0 saturated carbocycles. The Kier molecular flexibility index (Phi) is 8.57. The smallest absolute Gasteiger partial charge is 0.435 e. The Balaban J connectivity index is 1.35. The predicted molar refractivity (Wildman–Crippen MR) is 155 cm³/mol. The molecule has 1 aliphatic heterocycles. The summed E-state index contributed by atoms with van der Waals surface area (Å²) in [6.07, 6.45) is -4.01. The molecule has 14 heteroatoms. The molecule has 2 aromatic carbocycles. The minimum atomic E-state index is -4.79. The lowest BCUT2D eigenvalue weighted by atomic mass is 9.83. The average molecular weight is 624 g/mol. The molecule has 2 atom stereocenters. The fourth-order valence-corrected chi connectivity index (χ4v) is 4.93. The summed E-state index contributed by atoms with van der Waals surface area (Å²) in [4.78, 5) is 48.8. The van der Waals surface area contributed by atoms with E-state index in [2.05, 4.69) is 20.6 Å². The number of ketones is 1. The molecule has 0 fully saturated rings. The zero-order chi connectivity index (χ0) is 32.4. The number of benzene rings is 2. The van der Waals surface area contributed by atoms with Crippen molar-refractivity contribution >= 4 is 34.1 Å². The number of Topliss-reactive ketones (excluding diaryl/α,β-unsaturated/α-hetero) is 1. The van der Waals surface area contributed by atoms with Crippen LogP contribution in [0.1, 0.15) is 38.1 Å². The number of carbonyl (C=O) groups excluding carboxylic acids is 2. The first-order valence-corrected chi connectivity index (χ1v) is 13.9. The molecular formula is C31H28F3N5O6. The van der Waals surface area contributed by atoms with Crippen LogP contribution in [0.2, 0.25) is 0 Å². The zero-order valence-electron chi connectivity index (χ0n) is 24.1. The fraction of sp³-hybridized carbons (Fsp3) is 0.290. The van der Waals surface area contributed by atoms with E-state index in [1.165, 1.54) is 12.1 Å². The van der Waals surface area contributed by atoms with Crippen LogP contribution in [0.3, 0.4) is 0 Å². The number of carboxylic acids is 1. The monoisotopic (exact) mass is 623 g/mol. The van der Waals surface area contributed by atoms with Gasteiger partial charge in [-0.2, -0.15) is 18.3 Å². The number of nitrogens with one attached hydrogen (secondary N) is 1. The van der Waals surface area contributed by atoms with Gasteiger partial charge in [-0.25, -0.2) is 4.68 Å². The van der Waals surface area contributed by atoms with E-state index in [0.29, 0.717) is 17.5 Å². The van der Waals surface area contributed by atoms with Crippen molar-refractivity contribution in [2.45, 2.75) is 44.5 Å². The molecule has 1 aliphatic rings. The number of hydrogen-bond donors (Lipinski definition) is 2. The van der Waals surface area contributed by atoms with Gasteiger partial charge < -0.3 is 20.0 Å². The Morgan fingerprint density at radius 3 is 2.49 bits per heavy atom. The van der Waals surface area contributed by atoms with Crippen molar-refractivity contribution in [1.29, 1.82) is 0 Å².